The van der Waals surface area contributed by atoms with Crippen molar-refractivity contribution in [1.29, 1.82) is 0 Å². The molecule has 0 aliphatic carbocycles. The fourth-order valence-electron chi connectivity index (χ4n) is 2.87. The summed E-state index contributed by atoms with van der Waals surface area (Å²) in [6.07, 6.45) is 2.17. The van der Waals surface area contributed by atoms with Crippen LogP contribution in [-0.4, -0.2) is 64.9 Å². The minimum Gasteiger partial charge on any atom is -0.493 e. The third kappa shape index (κ3) is 7.22. The minimum absolute atomic E-state index is 0.502. The fraction of sp³-hybridized carbons (Fsp3) is 0.650. The molecule has 1 heterocycles. The number of nitrogens with zero attached hydrogens (tertiary/aromatic N) is 2. The van der Waals surface area contributed by atoms with Crippen LogP contribution in [0.25, 0.3) is 0 Å². The van der Waals surface area contributed by atoms with Gasteiger partial charge in [0.05, 0.1) is 13.2 Å². The Bertz CT molecular complexity index is 569. The van der Waals surface area contributed by atoms with Gasteiger partial charge < -0.3 is 25.0 Å². The van der Waals surface area contributed by atoms with Gasteiger partial charge in [-0.1, -0.05) is 12.1 Å². The third-order valence-corrected chi connectivity index (χ3v) is 4.47. The Labute approximate surface area is 158 Å². The van der Waals surface area contributed by atoms with Crippen molar-refractivity contribution in [1.82, 2.24) is 15.5 Å². The van der Waals surface area contributed by atoms with Gasteiger partial charge in [0, 0.05) is 38.2 Å². The SMILES string of the molecule is CN=C(NCCCN(C)C)NCc1ccc(C)cc1OCC1CCOC1. The number of ether oxygens (including phenoxy) is 2. The predicted molar refractivity (Wildman–Crippen MR) is 107 cm³/mol. The molecule has 0 saturated carbocycles. The van der Waals surface area contributed by atoms with Gasteiger partial charge in [-0.2, -0.15) is 0 Å². The zero-order valence-corrected chi connectivity index (χ0v) is 16.7. The summed E-state index contributed by atoms with van der Waals surface area (Å²) >= 11 is 0. The summed E-state index contributed by atoms with van der Waals surface area (Å²) < 4.78 is 11.5. The molecule has 0 amide bonds. The molecule has 0 radical (unpaired) electrons. The van der Waals surface area contributed by atoms with Gasteiger partial charge in [-0.25, -0.2) is 0 Å². The van der Waals surface area contributed by atoms with Crippen LogP contribution >= 0.6 is 0 Å². The normalized spacial score (nSPS) is 17.6. The number of aliphatic imine (C=N–C) groups is 1. The molecule has 1 atom stereocenters. The molecule has 2 N–H and O–H groups in total. The summed E-state index contributed by atoms with van der Waals surface area (Å²) in [5.41, 5.74) is 2.35. The van der Waals surface area contributed by atoms with Crippen molar-refractivity contribution < 1.29 is 9.47 Å². The van der Waals surface area contributed by atoms with Crippen molar-refractivity contribution in [3.8, 4) is 5.75 Å². The minimum atomic E-state index is 0.502. The summed E-state index contributed by atoms with van der Waals surface area (Å²) in [4.78, 5) is 6.48. The van der Waals surface area contributed by atoms with Gasteiger partial charge in [0.25, 0.3) is 0 Å². The average molecular weight is 363 g/mol. The van der Waals surface area contributed by atoms with Gasteiger partial charge in [0.2, 0.25) is 0 Å². The summed E-state index contributed by atoms with van der Waals surface area (Å²) in [5, 5.41) is 6.74. The molecule has 1 aliphatic rings. The van der Waals surface area contributed by atoms with E-state index in [2.05, 4.69) is 59.7 Å². The van der Waals surface area contributed by atoms with E-state index in [0.717, 1.165) is 56.4 Å². The zero-order chi connectivity index (χ0) is 18.8. The van der Waals surface area contributed by atoms with Crippen LogP contribution in [0.15, 0.2) is 23.2 Å². The lowest BCUT2D eigenvalue weighted by molar-refractivity contribution is 0.166. The second-order valence-corrected chi connectivity index (χ2v) is 7.16. The lowest BCUT2D eigenvalue weighted by Crippen LogP contribution is -2.38. The van der Waals surface area contributed by atoms with E-state index in [1.54, 1.807) is 7.05 Å². The molecule has 1 aromatic carbocycles. The maximum Gasteiger partial charge on any atom is 0.191 e. The Hall–Kier alpha value is -1.79. The topological polar surface area (TPSA) is 58.1 Å². The van der Waals surface area contributed by atoms with Gasteiger partial charge in [0.15, 0.2) is 5.96 Å². The molecule has 1 unspecified atom stereocenters. The number of hydrogen-bond donors (Lipinski definition) is 2. The monoisotopic (exact) mass is 362 g/mol. The standard InChI is InChI=1S/C20H34N4O2/c1-16-6-7-18(19(12-16)26-15-17-8-11-25-14-17)13-23-20(21-2)22-9-5-10-24(3)4/h6-7,12,17H,5,8-11,13-15H2,1-4H3,(H2,21,22,23). The van der Waals surface area contributed by atoms with Crippen LogP contribution in [0, 0.1) is 12.8 Å². The number of nitrogens with one attached hydrogen (secondary N) is 2. The van der Waals surface area contributed by atoms with Gasteiger partial charge in [-0.15, -0.1) is 0 Å². The van der Waals surface area contributed by atoms with Crippen molar-refractivity contribution in [3.05, 3.63) is 29.3 Å². The molecular weight excluding hydrogens is 328 g/mol. The van der Waals surface area contributed by atoms with Gasteiger partial charge in [0.1, 0.15) is 5.75 Å². The van der Waals surface area contributed by atoms with Gasteiger partial charge in [-0.3, -0.25) is 4.99 Å². The highest BCUT2D eigenvalue weighted by atomic mass is 16.5. The number of aryl methyl sites for hydroxylation is 1. The van der Waals surface area contributed by atoms with E-state index < -0.39 is 0 Å². The van der Waals surface area contributed by atoms with Crippen LogP contribution in [0.5, 0.6) is 5.75 Å². The van der Waals surface area contributed by atoms with Crippen molar-refractivity contribution in [2.75, 3.05) is 54.1 Å². The summed E-state index contributed by atoms with van der Waals surface area (Å²) in [6, 6.07) is 6.36. The van der Waals surface area contributed by atoms with E-state index in [1.165, 1.54) is 5.56 Å². The lowest BCUT2D eigenvalue weighted by atomic mass is 10.1. The van der Waals surface area contributed by atoms with Gasteiger partial charge in [-0.05, 0) is 52.0 Å². The maximum absolute atomic E-state index is 6.11. The highest BCUT2D eigenvalue weighted by Crippen LogP contribution is 2.22. The molecule has 6 heteroatoms. The van der Waals surface area contributed by atoms with Crippen molar-refractivity contribution in [3.63, 3.8) is 0 Å². The van der Waals surface area contributed by atoms with Crippen LogP contribution < -0.4 is 15.4 Å². The molecule has 0 aromatic heterocycles. The fourth-order valence-corrected chi connectivity index (χ4v) is 2.87. The lowest BCUT2D eigenvalue weighted by Gasteiger charge is -2.17. The van der Waals surface area contributed by atoms with Gasteiger partial charge >= 0.3 is 0 Å². The molecule has 1 aliphatic heterocycles. The maximum atomic E-state index is 6.11. The average Bonchev–Trinajstić information content (AvgIpc) is 3.14. The van der Waals surface area contributed by atoms with Crippen LogP contribution in [0.3, 0.4) is 0 Å². The first-order valence-corrected chi connectivity index (χ1v) is 9.48. The first kappa shape index (κ1) is 20.5. The molecule has 1 saturated heterocycles. The molecule has 0 spiro atoms. The first-order chi connectivity index (χ1) is 12.6. The van der Waals surface area contributed by atoms with E-state index in [-0.39, 0.29) is 0 Å². The summed E-state index contributed by atoms with van der Waals surface area (Å²) in [5.74, 6) is 2.27. The quantitative estimate of drug-likeness (QED) is 0.400. The predicted octanol–water partition coefficient (Wildman–Crippen LogP) is 2.03. The van der Waals surface area contributed by atoms with Crippen molar-refractivity contribution >= 4 is 5.96 Å². The number of benzene rings is 1. The first-order valence-electron chi connectivity index (χ1n) is 9.48. The van der Waals surface area contributed by atoms with Crippen LogP contribution in [0.4, 0.5) is 0 Å². The van der Waals surface area contributed by atoms with E-state index in [4.69, 9.17) is 9.47 Å². The second-order valence-electron chi connectivity index (χ2n) is 7.16. The smallest absolute Gasteiger partial charge is 0.191 e. The Morgan fingerprint density at radius 1 is 1.35 bits per heavy atom. The Morgan fingerprint density at radius 2 is 2.19 bits per heavy atom. The molecule has 1 aromatic rings. The molecule has 6 nitrogen and oxygen atoms in total. The Kier molecular flexibility index (Phi) is 8.71. The van der Waals surface area contributed by atoms with E-state index in [1.807, 2.05) is 0 Å². The largest absolute Gasteiger partial charge is 0.493 e. The van der Waals surface area contributed by atoms with E-state index in [9.17, 15) is 0 Å². The molecule has 0 bridgehead atoms. The van der Waals surface area contributed by atoms with Crippen molar-refractivity contribution in [2.45, 2.75) is 26.3 Å². The Balaban J connectivity index is 1.84. The summed E-state index contributed by atoms with van der Waals surface area (Å²) in [6.45, 7) is 7.11. The number of guanidine groups is 1. The summed E-state index contributed by atoms with van der Waals surface area (Å²) in [7, 11) is 5.97. The highest BCUT2D eigenvalue weighted by Gasteiger charge is 2.17. The van der Waals surface area contributed by atoms with Crippen LogP contribution in [-0.2, 0) is 11.3 Å². The highest BCUT2D eigenvalue weighted by molar-refractivity contribution is 5.79. The van der Waals surface area contributed by atoms with Crippen LogP contribution in [0.1, 0.15) is 24.0 Å². The van der Waals surface area contributed by atoms with Crippen molar-refractivity contribution in [2.24, 2.45) is 10.9 Å². The second kappa shape index (κ2) is 11.0. The number of hydrogen-bond acceptors (Lipinski definition) is 4. The molecule has 1 fully saturated rings. The zero-order valence-electron chi connectivity index (χ0n) is 16.7. The molecule has 2 rings (SSSR count). The number of rotatable bonds is 9. The molecular formula is C20H34N4O2. The van der Waals surface area contributed by atoms with E-state index in [0.29, 0.717) is 19.1 Å². The van der Waals surface area contributed by atoms with Crippen LogP contribution in [0.2, 0.25) is 0 Å². The Morgan fingerprint density at radius 3 is 2.88 bits per heavy atom. The van der Waals surface area contributed by atoms with E-state index >= 15 is 0 Å². The molecule has 26 heavy (non-hydrogen) atoms. The third-order valence-electron chi connectivity index (χ3n) is 4.47. The molecule has 146 valence electrons.